The Balaban J connectivity index is 2.05. The zero-order valence-corrected chi connectivity index (χ0v) is 8.21. The summed E-state index contributed by atoms with van der Waals surface area (Å²) in [5, 5.41) is 0. The largest absolute Gasteiger partial charge is 0.462 e. The van der Waals surface area contributed by atoms with Crippen LogP contribution in [0.15, 0.2) is 12.2 Å². The van der Waals surface area contributed by atoms with E-state index in [9.17, 15) is 4.79 Å². The molecule has 0 radical (unpaired) electrons. The van der Waals surface area contributed by atoms with Crippen LogP contribution < -0.4 is 0 Å². The molecule has 74 valence electrons. The van der Waals surface area contributed by atoms with Gasteiger partial charge < -0.3 is 9.47 Å². The van der Waals surface area contributed by atoms with Gasteiger partial charge in [0.25, 0.3) is 0 Å². The molecule has 0 aromatic heterocycles. The smallest absolute Gasteiger partial charge is 0.333 e. The summed E-state index contributed by atoms with van der Waals surface area (Å²) < 4.78 is 10.1. The number of rotatable bonds is 5. The molecule has 0 saturated carbocycles. The Morgan fingerprint density at radius 3 is 2.85 bits per heavy atom. The predicted octanol–water partition coefficient (Wildman–Crippen LogP) is 1.53. The Hall–Kier alpha value is -0.830. The lowest BCUT2D eigenvalue weighted by atomic mass is 10.1. The first-order valence-corrected chi connectivity index (χ1v) is 4.55. The predicted molar refractivity (Wildman–Crippen MR) is 49.3 cm³/mol. The van der Waals surface area contributed by atoms with Crippen molar-refractivity contribution in [3.05, 3.63) is 12.2 Å². The number of esters is 1. The molecule has 2 unspecified atom stereocenters. The average molecular weight is 184 g/mol. The molecule has 2 atom stereocenters. The van der Waals surface area contributed by atoms with E-state index in [2.05, 4.69) is 13.5 Å². The van der Waals surface area contributed by atoms with Gasteiger partial charge in [0.15, 0.2) is 0 Å². The first-order chi connectivity index (χ1) is 6.11. The van der Waals surface area contributed by atoms with Crippen molar-refractivity contribution in [2.75, 3.05) is 13.2 Å². The Bertz CT molecular complexity index is 206. The van der Waals surface area contributed by atoms with Crippen LogP contribution in [0.25, 0.3) is 0 Å². The Kier molecular flexibility index (Phi) is 3.48. The SMILES string of the molecule is C=C(C)C(=O)OCCC(C)C1CO1. The molecule has 1 aliphatic heterocycles. The maximum Gasteiger partial charge on any atom is 0.333 e. The number of hydrogen-bond acceptors (Lipinski definition) is 3. The number of epoxide rings is 1. The van der Waals surface area contributed by atoms with Gasteiger partial charge in [0.05, 0.1) is 19.3 Å². The fourth-order valence-corrected chi connectivity index (χ4v) is 1.03. The van der Waals surface area contributed by atoms with Gasteiger partial charge in [0.2, 0.25) is 0 Å². The van der Waals surface area contributed by atoms with Crippen LogP contribution in [-0.4, -0.2) is 25.3 Å². The minimum Gasteiger partial charge on any atom is -0.462 e. The van der Waals surface area contributed by atoms with Gasteiger partial charge in [0, 0.05) is 5.57 Å². The molecule has 3 nitrogen and oxygen atoms in total. The van der Waals surface area contributed by atoms with E-state index >= 15 is 0 Å². The number of hydrogen-bond donors (Lipinski definition) is 0. The summed E-state index contributed by atoms with van der Waals surface area (Å²) in [5.74, 6) is 0.182. The van der Waals surface area contributed by atoms with Crippen LogP contribution in [0.3, 0.4) is 0 Å². The van der Waals surface area contributed by atoms with Crippen LogP contribution in [0.2, 0.25) is 0 Å². The van der Waals surface area contributed by atoms with Crippen molar-refractivity contribution in [1.29, 1.82) is 0 Å². The summed E-state index contributed by atoms with van der Waals surface area (Å²) in [6.45, 7) is 8.57. The van der Waals surface area contributed by atoms with Gasteiger partial charge in [-0.25, -0.2) is 4.79 Å². The average Bonchev–Trinajstić information content (AvgIpc) is 2.85. The third-order valence-electron chi connectivity index (χ3n) is 2.15. The molecule has 0 aromatic carbocycles. The number of carbonyl (C=O) groups excluding carboxylic acids is 1. The standard InChI is InChI=1S/C10H16O3/c1-7(2)10(11)12-5-4-8(3)9-6-13-9/h8-9H,1,4-6H2,2-3H3. The molecule has 1 aliphatic rings. The Morgan fingerprint density at radius 1 is 1.77 bits per heavy atom. The van der Waals surface area contributed by atoms with E-state index in [1.54, 1.807) is 6.92 Å². The van der Waals surface area contributed by atoms with E-state index in [-0.39, 0.29) is 5.97 Å². The Labute approximate surface area is 78.7 Å². The Morgan fingerprint density at radius 2 is 2.38 bits per heavy atom. The molecule has 0 aromatic rings. The molecule has 13 heavy (non-hydrogen) atoms. The molecule has 1 saturated heterocycles. The second-order valence-electron chi connectivity index (χ2n) is 3.55. The molecular weight excluding hydrogens is 168 g/mol. The molecule has 1 heterocycles. The van der Waals surface area contributed by atoms with Gasteiger partial charge in [-0.1, -0.05) is 13.5 Å². The number of carbonyl (C=O) groups is 1. The zero-order chi connectivity index (χ0) is 9.84. The molecule has 0 amide bonds. The first-order valence-electron chi connectivity index (χ1n) is 4.55. The van der Waals surface area contributed by atoms with Crippen LogP contribution >= 0.6 is 0 Å². The molecular formula is C10H16O3. The highest BCUT2D eigenvalue weighted by Gasteiger charge is 2.29. The molecule has 1 fully saturated rings. The minimum atomic E-state index is -0.302. The van der Waals surface area contributed by atoms with Gasteiger partial charge in [-0.15, -0.1) is 0 Å². The van der Waals surface area contributed by atoms with Crippen LogP contribution in [-0.2, 0) is 14.3 Å². The molecule has 0 N–H and O–H groups in total. The summed E-state index contributed by atoms with van der Waals surface area (Å²) in [5.41, 5.74) is 0.454. The highest BCUT2D eigenvalue weighted by molar-refractivity contribution is 5.86. The van der Waals surface area contributed by atoms with Gasteiger partial charge in [-0.3, -0.25) is 0 Å². The summed E-state index contributed by atoms with van der Waals surface area (Å²) in [6, 6.07) is 0. The normalized spacial score (nSPS) is 22.2. The first kappa shape index (κ1) is 10.3. The topological polar surface area (TPSA) is 38.8 Å². The maximum absolute atomic E-state index is 11.0. The van der Waals surface area contributed by atoms with E-state index in [4.69, 9.17) is 9.47 Å². The van der Waals surface area contributed by atoms with E-state index in [0.29, 0.717) is 24.2 Å². The van der Waals surface area contributed by atoms with Crippen molar-refractivity contribution in [2.24, 2.45) is 5.92 Å². The molecule has 0 bridgehead atoms. The van der Waals surface area contributed by atoms with Crippen LogP contribution in [0.1, 0.15) is 20.3 Å². The summed E-state index contributed by atoms with van der Waals surface area (Å²) >= 11 is 0. The minimum absolute atomic E-state index is 0.302. The third kappa shape index (κ3) is 3.59. The van der Waals surface area contributed by atoms with Crippen molar-refractivity contribution < 1.29 is 14.3 Å². The second-order valence-corrected chi connectivity index (χ2v) is 3.55. The van der Waals surface area contributed by atoms with Crippen molar-refractivity contribution in [3.63, 3.8) is 0 Å². The summed E-state index contributed by atoms with van der Waals surface area (Å²) in [4.78, 5) is 11.0. The third-order valence-corrected chi connectivity index (χ3v) is 2.15. The molecule has 0 aliphatic carbocycles. The summed E-state index contributed by atoms with van der Waals surface area (Å²) in [6.07, 6.45) is 1.26. The lowest BCUT2D eigenvalue weighted by Gasteiger charge is -2.08. The van der Waals surface area contributed by atoms with Crippen LogP contribution in [0.5, 0.6) is 0 Å². The molecule has 1 rings (SSSR count). The number of ether oxygens (including phenoxy) is 2. The van der Waals surface area contributed by atoms with Gasteiger partial charge in [-0.05, 0) is 19.3 Å². The van der Waals surface area contributed by atoms with Gasteiger partial charge in [0.1, 0.15) is 0 Å². The zero-order valence-electron chi connectivity index (χ0n) is 8.21. The molecule has 3 heteroatoms. The monoisotopic (exact) mass is 184 g/mol. The van der Waals surface area contributed by atoms with Crippen molar-refractivity contribution in [3.8, 4) is 0 Å². The van der Waals surface area contributed by atoms with Crippen molar-refractivity contribution in [1.82, 2.24) is 0 Å². The van der Waals surface area contributed by atoms with E-state index in [1.165, 1.54) is 0 Å². The van der Waals surface area contributed by atoms with Crippen molar-refractivity contribution >= 4 is 5.97 Å². The second kappa shape index (κ2) is 4.42. The lowest BCUT2D eigenvalue weighted by Crippen LogP contribution is -2.11. The van der Waals surface area contributed by atoms with E-state index < -0.39 is 0 Å². The van der Waals surface area contributed by atoms with Gasteiger partial charge >= 0.3 is 5.97 Å². The maximum atomic E-state index is 11.0. The molecule has 0 spiro atoms. The lowest BCUT2D eigenvalue weighted by molar-refractivity contribution is -0.139. The van der Waals surface area contributed by atoms with E-state index in [1.807, 2.05) is 0 Å². The van der Waals surface area contributed by atoms with Crippen LogP contribution in [0, 0.1) is 5.92 Å². The highest BCUT2D eigenvalue weighted by Crippen LogP contribution is 2.22. The fourth-order valence-electron chi connectivity index (χ4n) is 1.03. The van der Waals surface area contributed by atoms with Crippen LogP contribution in [0.4, 0.5) is 0 Å². The quantitative estimate of drug-likeness (QED) is 0.369. The van der Waals surface area contributed by atoms with E-state index in [0.717, 1.165) is 13.0 Å². The van der Waals surface area contributed by atoms with Gasteiger partial charge in [-0.2, -0.15) is 0 Å². The summed E-state index contributed by atoms with van der Waals surface area (Å²) in [7, 11) is 0. The highest BCUT2D eigenvalue weighted by atomic mass is 16.6. The fraction of sp³-hybridized carbons (Fsp3) is 0.700. The van der Waals surface area contributed by atoms with Crippen molar-refractivity contribution in [2.45, 2.75) is 26.4 Å².